The van der Waals surface area contributed by atoms with Gasteiger partial charge in [0, 0.05) is 19.3 Å². The van der Waals surface area contributed by atoms with Crippen LogP contribution in [0.5, 0.6) is 0 Å². The molecule has 0 aliphatic carbocycles. The number of hydrogen-bond donors (Lipinski definition) is 0. The standard InChI is InChI=1S/C77H126O6/c1-4-7-10-13-16-19-22-25-27-29-31-32-33-34-35-36-37-38-39-40-41-42-43-44-46-47-49-52-55-58-61-64-67-70-76(79)82-73-74(72-81-75(78)69-66-63-60-57-54-51-24-21-18-15-12-9-6-3)83-77(80)71-68-65-62-59-56-53-50-48-45-30-28-26-23-20-17-14-11-8-5-2/h7,9-10,12,16-21,25-28,31-32,34-35,37-38,51,54,60,63,74H,4-6,8,11,13-15,22-24,29-30,33,36,39-50,52-53,55-59,61-62,64-73H2,1-3H3/b10-7-,12-9-,19-16-,20-17-,21-18-,27-25-,28-26-,32-31-,35-34-,38-37-,54-51-,63-60-. The number of unbranched alkanes of at least 4 members (excludes halogenated alkanes) is 26. The van der Waals surface area contributed by atoms with Gasteiger partial charge in [-0.3, -0.25) is 14.4 Å². The molecule has 0 aliphatic rings. The third kappa shape index (κ3) is 68.0. The molecule has 6 heteroatoms. The molecule has 1 unspecified atom stereocenters. The largest absolute Gasteiger partial charge is 0.462 e. The van der Waals surface area contributed by atoms with E-state index in [-0.39, 0.29) is 37.5 Å². The van der Waals surface area contributed by atoms with Gasteiger partial charge in [0.05, 0.1) is 0 Å². The summed E-state index contributed by atoms with van der Waals surface area (Å²) in [6.07, 6.45) is 100. The van der Waals surface area contributed by atoms with Crippen LogP contribution in [0, 0.1) is 0 Å². The molecule has 0 saturated carbocycles. The highest BCUT2D eigenvalue weighted by Gasteiger charge is 2.19. The van der Waals surface area contributed by atoms with E-state index in [0.29, 0.717) is 19.3 Å². The first-order chi connectivity index (χ1) is 41.0. The van der Waals surface area contributed by atoms with Gasteiger partial charge >= 0.3 is 17.9 Å². The zero-order valence-corrected chi connectivity index (χ0v) is 53.9. The smallest absolute Gasteiger partial charge is 0.306 e. The van der Waals surface area contributed by atoms with Gasteiger partial charge in [-0.25, -0.2) is 0 Å². The van der Waals surface area contributed by atoms with Crippen molar-refractivity contribution in [2.45, 2.75) is 309 Å². The molecule has 0 bridgehead atoms. The van der Waals surface area contributed by atoms with Crippen molar-refractivity contribution in [1.82, 2.24) is 0 Å². The number of carbonyl (C=O) groups excluding carboxylic acids is 3. The average Bonchev–Trinajstić information content (AvgIpc) is 3.49. The zero-order valence-electron chi connectivity index (χ0n) is 53.9. The molecule has 0 spiro atoms. The lowest BCUT2D eigenvalue weighted by Gasteiger charge is -2.18. The average molecular weight is 1150 g/mol. The summed E-state index contributed by atoms with van der Waals surface area (Å²) in [6, 6.07) is 0. The Morgan fingerprint density at radius 1 is 0.253 bits per heavy atom. The van der Waals surface area contributed by atoms with Crippen molar-refractivity contribution in [3.63, 3.8) is 0 Å². The molecule has 0 fully saturated rings. The maximum absolute atomic E-state index is 12.9. The van der Waals surface area contributed by atoms with E-state index < -0.39 is 6.10 Å². The number of allylic oxidation sites excluding steroid dienone is 24. The van der Waals surface area contributed by atoms with Crippen LogP contribution >= 0.6 is 0 Å². The van der Waals surface area contributed by atoms with Crippen molar-refractivity contribution in [3.05, 3.63) is 146 Å². The van der Waals surface area contributed by atoms with E-state index >= 15 is 0 Å². The van der Waals surface area contributed by atoms with Gasteiger partial charge in [0.25, 0.3) is 0 Å². The van der Waals surface area contributed by atoms with Gasteiger partial charge in [0.1, 0.15) is 13.2 Å². The first-order valence-electron chi connectivity index (χ1n) is 34.3. The summed E-state index contributed by atoms with van der Waals surface area (Å²) in [5.74, 6) is -0.990. The van der Waals surface area contributed by atoms with Gasteiger partial charge in [-0.15, -0.1) is 0 Å². The predicted octanol–water partition coefficient (Wildman–Crippen LogP) is 23.9. The van der Waals surface area contributed by atoms with E-state index in [1.165, 1.54) is 148 Å². The maximum atomic E-state index is 12.9. The molecule has 470 valence electrons. The Balaban J connectivity index is 4.27. The van der Waals surface area contributed by atoms with E-state index in [2.05, 4.69) is 161 Å². The fourth-order valence-corrected chi connectivity index (χ4v) is 9.26. The third-order valence-corrected chi connectivity index (χ3v) is 14.3. The Bertz CT molecular complexity index is 1800. The second kappa shape index (κ2) is 69.8. The molecule has 1 atom stereocenters. The lowest BCUT2D eigenvalue weighted by molar-refractivity contribution is -0.166. The summed E-state index contributed by atoms with van der Waals surface area (Å²) in [6.45, 7) is 6.33. The number of esters is 3. The number of hydrogen-bond acceptors (Lipinski definition) is 6. The minimum Gasteiger partial charge on any atom is -0.462 e. The summed E-state index contributed by atoms with van der Waals surface area (Å²) >= 11 is 0. The van der Waals surface area contributed by atoms with Crippen molar-refractivity contribution in [3.8, 4) is 0 Å². The predicted molar refractivity (Wildman–Crippen MR) is 362 cm³/mol. The van der Waals surface area contributed by atoms with Crippen LogP contribution in [0.4, 0.5) is 0 Å². The van der Waals surface area contributed by atoms with Gasteiger partial charge in [-0.2, -0.15) is 0 Å². The molecule has 6 nitrogen and oxygen atoms in total. The molecule has 0 aromatic carbocycles. The fraction of sp³-hybridized carbons (Fsp3) is 0.649. The summed E-state index contributed by atoms with van der Waals surface area (Å²) in [4.78, 5) is 38.3. The van der Waals surface area contributed by atoms with E-state index in [1.807, 2.05) is 6.08 Å². The molecule has 0 amide bonds. The highest BCUT2D eigenvalue weighted by atomic mass is 16.6. The molecule has 0 aromatic rings. The van der Waals surface area contributed by atoms with Gasteiger partial charge in [-0.05, 0) is 128 Å². The van der Waals surface area contributed by atoms with Gasteiger partial charge < -0.3 is 14.2 Å². The first-order valence-corrected chi connectivity index (χ1v) is 34.3. The Morgan fingerprint density at radius 3 is 0.807 bits per heavy atom. The molecule has 0 aromatic heterocycles. The molecular weight excluding hydrogens is 1020 g/mol. The molecular formula is C77H126O6. The van der Waals surface area contributed by atoms with E-state index in [1.54, 1.807) is 0 Å². The molecule has 0 radical (unpaired) electrons. The van der Waals surface area contributed by atoms with Crippen LogP contribution in [0.3, 0.4) is 0 Å². The first kappa shape index (κ1) is 78.3. The Morgan fingerprint density at radius 2 is 0.494 bits per heavy atom. The Labute approximate surface area is 512 Å². The molecule has 0 rings (SSSR count). The monoisotopic (exact) mass is 1150 g/mol. The van der Waals surface area contributed by atoms with Gasteiger partial charge in [0.2, 0.25) is 0 Å². The number of ether oxygens (including phenoxy) is 3. The molecule has 83 heavy (non-hydrogen) atoms. The lowest BCUT2D eigenvalue weighted by Crippen LogP contribution is -2.30. The highest BCUT2D eigenvalue weighted by Crippen LogP contribution is 2.16. The zero-order chi connectivity index (χ0) is 59.9. The number of carbonyl (C=O) groups is 3. The molecule has 0 saturated heterocycles. The third-order valence-electron chi connectivity index (χ3n) is 14.3. The van der Waals surface area contributed by atoms with E-state index in [0.717, 1.165) is 109 Å². The van der Waals surface area contributed by atoms with Crippen molar-refractivity contribution in [1.29, 1.82) is 0 Å². The van der Waals surface area contributed by atoms with Crippen LogP contribution in [0.2, 0.25) is 0 Å². The van der Waals surface area contributed by atoms with Crippen LogP contribution in [0.15, 0.2) is 146 Å². The second-order valence-electron chi connectivity index (χ2n) is 22.3. The molecule has 0 aliphatic heterocycles. The summed E-state index contributed by atoms with van der Waals surface area (Å²) < 4.78 is 16.9. The fourth-order valence-electron chi connectivity index (χ4n) is 9.26. The van der Waals surface area contributed by atoms with Crippen molar-refractivity contribution in [2.75, 3.05) is 13.2 Å². The second-order valence-corrected chi connectivity index (χ2v) is 22.3. The van der Waals surface area contributed by atoms with Crippen LogP contribution in [0.1, 0.15) is 303 Å². The SMILES string of the molecule is CC/C=C\C/C=C\C/C=C\C/C=C\C/C=C\C/C=C\CCCCCCCCCCCCCCCCC(=O)OCC(COC(=O)CC/C=C\C/C=C\C/C=C\C/C=C\CC)OC(=O)CCCCCCCCCCC/C=C\C/C=C\CCCCC. The summed E-state index contributed by atoms with van der Waals surface area (Å²) in [5.41, 5.74) is 0. The minimum absolute atomic E-state index is 0.105. The highest BCUT2D eigenvalue weighted by molar-refractivity contribution is 5.71. The van der Waals surface area contributed by atoms with Gasteiger partial charge in [0.15, 0.2) is 6.10 Å². The van der Waals surface area contributed by atoms with Crippen LogP contribution < -0.4 is 0 Å². The van der Waals surface area contributed by atoms with Crippen molar-refractivity contribution < 1.29 is 28.6 Å². The molecule has 0 N–H and O–H groups in total. The normalized spacial score (nSPS) is 13.0. The Hall–Kier alpha value is -4.71. The van der Waals surface area contributed by atoms with E-state index in [4.69, 9.17) is 14.2 Å². The minimum atomic E-state index is -0.815. The topological polar surface area (TPSA) is 78.9 Å². The van der Waals surface area contributed by atoms with Crippen molar-refractivity contribution >= 4 is 17.9 Å². The summed E-state index contributed by atoms with van der Waals surface area (Å²) in [5, 5.41) is 0. The lowest BCUT2D eigenvalue weighted by atomic mass is 10.0. The molecule has 0 heterocycles. The van der Waals surface area contributed by atoms with E-state index in [9.17, 15) is 14.4 Å². The number of rotatable bonds is 61. The van der Waals surface area contributed by atoms with Gasteiger partial charge in [-0.1, -0.05) is 301 Å². The summed E-state index contributed by atoms with van der Waals surface area (Å²) in [7, 11) is 0. The van der Waals surface area contributed by atoms with Crippen LogP contribution in [-0.2, 0) is 28.6 Å². The maximum Gasteiger partial charge on any atom is 0.306 e. The quantitative estimate of drug-likeness (QED) is 0.0261. The van der Waals surface area contributed by atoms with Crippen LogP contribution in [-0.4, -0.2) is 37.2 Å². The van der Waals surface area contributed by atoms with Crippen molar-refractivity contribution in [2.24, 2.45) is 0 Å². The van der Waals surface area contributed by atoms with Crippen LogP contribution in [0.25, 0.3) is 0 Å². The Kier molecular flexibility index (Phi) is 65.8.